The zero-order chi connectivity index (χ0) is 40.6. The van der Waals surface area contributed by atoms with Crippen molar-refractivity contribution in [1.82, 2.24) is 19.8 Å². The predicted octanol–water partition coefficient (Wildman–Crippen LogP) is 8.51. The van der Waals surface area contributed by atoms with Gasteiger partial charge in [-0.3, -0.25) is 19.7 Å². The first kappa shape index (κ1) is 40.9. The number of nitrogens with zero attached hydrogens (tertiary/aromatic N) is 6. The fraction of sp³-hybridized carbons (Fsp3) is 0.256. The highest BCUT2D eigenvalue weighted by Crippen LogP contribution is 2.33. The van der Waals surface area contributed by atoms with Crippen LogP contribution in [-0.4, -0.2) is 91.7 Å². The van der Waals surface area contributed by atoms with Gasteiger partial charge >= 0.3 is 0 Å². The van der Waals surface area contributed by atoms with Crippen molar-refractivity contribution in [2.75, 3.05) is 67.5 Å². The van der Waals surface area contributed by atoms with Crippen LogP contribution < -0.4 is 14.9 Å². The molecule has 0 aliphatic carbocycles. The number of piperazine rings is 1. The van der Waals surface area contributed by atoms with Gasteiger partial charge in [0.15, 0.2) is 5.82 Å². The maximum atomic E-state index is 13.9. The zero-order valence-corrected chi connectivity index (χ0v) is 34.7. The third-order valence-electron chi connectivity index (χ3n) is 10.1. The van der Waals surface area contributed by atoms with Crippen molar-refractivity contribution >= 4 is 67.2 Å². The lowest BCUT2D eigenvalue weighted by molar-refractivity contribution is -0.384. The minimum atomic E-state index is -4.21. The van der Waals surface area contributed by atoms with Crippen LogP contribution in [0.2, 0.25) is 5.02 Å². The van der Waals surface area contributed by atoms with E-state index in [0.29, 0.717) is 28.1 Å². The van der Waals surface area contributed by atoms with E-state index in [1.807, 2.05) is 79.7 Å². The fourth-order valence-corrected chi connectivity index (χ4v) is 9.16. The first-order valence-electron chi connectivity index (χ1n) is 19.0. The number of nitro benzene ring substituents is 1. The molecular weight excluding hydrogens is 792 g/mol. The Hall–Kier alpha value is -5.25. The molecule has 2 heterocycles. The molecule has 2 N–H and O–H groups in total. The van der Waals surface area contributed by atoms with E-state index in [1.54, 1.807) is 11.8 Å². The molecule has 1 aliphatic rings. The second-order valence-electron chi connectivity index (χ2n) is 14.4. The van der Waals surface area contributed by atoms with Gasteiger partial charge in [0.2, 0.25) is 0 Å². The molecule has 0 bridgehead atoms. The monoisotopic (exact) mass is 836 g/mol. The lowest BCUT2D eigenvalue weighted by Gasteiger charge is -2.36. The summed E-state index contributed by atoms with van der Waals surface area (Å²) >= 11 is 7.78. The van der Waals surface area contributed by atoms with E-state index >= 15 is 0 Å². The maximum absolute atomic E-state index is 13.9. The molecular formula is C43H45ClN8O4S2. The molecule has 0 amide bonds. The van der Waals surface area contributed by atoms with Crippen molar-refractivity contribution in [3.8, 4) is 11.1 Å². The van der Waals surface area contributed by atoms with Gasteiger partial charge in [-0.25, -0.2) is 18.4 Å². The zero-order valence-electron chi connectivity index (χ0n) is 32.3. The molecule has 1 atom stereocenters. The number of hydrogen-bond acceptors (Lipinski definition) is 11. The van der Waals surface area contributed by atoms with Gasteiger partial charge in [-0.1, -0.05) is 66.2 Å². The topological polar surface area (TPSA) is 137 Å². The minimum absolute atomic E-state index is 0.122. The molecule has 1 saturated heterocycles. The molecule has 1 aliphatic heterocycles. The number of aromatic nitrogens is 2. The van der Waals surface area contributed by atoms with E-state index < -0.39 is 14.9 Å². The number of fused-ring (bicyclic) bond motifs is 1. The van der Waals surface area contributed by atoms with E-state index in [2.05, 4.69) is 66.2 Å². The highest BCUT2D eigenvalue weighted by Gasteiger charge is 2.25. The lowest BCUT2D eigenvalue weighted by atomic mass is 9.99. The normalized spacial score (nSPS) is 14.1. The molecule has 0 saturated carbocycles. The van der Waals surface area contributed by atoms with E-state index in [4.69, 9.17) is 11.6 Å². The number of anilines is 3. The standard InChI is InChI=1S/C43H45ClN8O4S2/c1-49(2)21-20-34(29-57-36-9-4-3-5-10-36)47-41-27-37(17-19-42(41)52(53)54)58(55,56)48-43-39-18-16-35(26-40(39)45-30-46-43)51-24-22-50(23-25-51)28-32-8-6-7-11-38(32)31-12-14-33(44)15-13-31/h3-19,26-27,30,34,47H,20-25,28-29H2,1-2H3,(H,45,46,48). The largest absolute Gasteiger partial charge is 0.376 e. The molecule has 12 nitrogen and oxygen atoms in total. The Balaban J connectivity index is 1.04. The Bertz CT molecular complexity index is 2470. The van der Waals surface area contributed by atoms with Gasteiger partial charge in [0.1, 0.15) is 12.0 Å². The molecule has 300 valence electrons. The molecule has 0 radical (unpaired) electrons. The summed E-state index contributed by atoms with van der Waals surface area (Å²) in [7, 11) is -0.278. The van der Waals surface area contributed by atoms with Crippen LogP contribution in [0.25, 0.3) is 22.0 Å². The Kier molecular flexibility index (Phi) is 13.1. The number of hydrogen-bond donors (Lipinski definition) is 2. The third kappa shape index (κ3) is 10.2. The van der Waals surface area contributed by atoms with Gasteiger partial charge in [0, 0.05) is 71.6 Å². The summed E-state index contributed by atoms with van der Waals surface area (Å²) in [6, 6.07) is 35.7. The van der Waals surface area contributed by atoms with E-state index in [1.165, 1.54) is 35.7 Å². The van der Waals surface area contributed by atoms with Gasteiger partial charge in [-0.2, -0.15) is 0 Å². The third-order valence-corrected chi connectivity index (χ3v) is 12.9. The smallest absolute Gasteiger partial charge is 0.292 e. The number of sulfonamides is 1. The van der Waals surface area contributed by atoms with Gasteiger partial charge in [0.25, 0.3) is 15.7 Å². The Morgan fingerprint density at radius 1 is 0.897 bits per heavy atom. The SMILES string of the molecule is CN(C)CCC(CSc1ccccc1)Nc1cc(S(=O)(=O)Nc2ncnc3cc(N4CCN(Cc5ccccc5-c5ccc(Cl)cc5)CC4)ccc23)ccc1[N+](=O)[O-]. The average molecular weight is 837 g/mol. The van der Waals surface area contributed by atoms with Crippen LogP contribution in [0.1, 0.15) is 12.0 Å². The van der Waals surface area contributed by atoms with E-state index in [-0.39, 0.29) is 28.1 Å². The summed E-state index contributed by atoms with van der Waals surface area (Å²) in [4.78, 5) is 28.1. The molecule has 1 unspecified atom stereocenters. The molecule has 6 aromatic rings. The molecule has 15 heteroatoms. The van der Waals surface area contributed by atoms with E-state index in [0.717, 1.165) is 55.4 Å². The molecule has 5 aromatic carbocycles. The van der Waals surface area contributed by atoms with Crippen molar-refractivity contribution in [2.24, 2.45) is 0 Å². The predicted molar refractivity (Wildman–Crippen MR) is 236 cm³/mol. The first-order chi connectivity index (χ1) is 28.0. The second kappa shape index (κ2) is 18.6. The maximum Gasteiger partial charge on any atom is 0.292 e. The summed E-state index contributed by atoms with van der Waals surface area (Å²) in [6.45, 7) is 4.94. The molecule has 1 fully saturated rings. The summed E-state index contributed by atoms with van der Waals surface area (Å²) in [5.41, 5.74) is 5.11. The first-order valence-corrected chi connectivity index (χ1v) is 21.8. The van der Waals surface area contributed by atoms with Crippen molar-refractivity contribution in [1.29, 1.82) is 0 Å². The summed E-state index contributed by atoms with van der Waals surface area (Å²) in [5, 5.41) is 16.7. The highest BCUT2D eigenvalue weighted by molar-refractivity contribution is 7.99. The van der Waals surface area contributed by atoms with E-state index in [9.17, 15) is 18.5 Å². The number of thioether (sulfide) groups is 1. The van der Waals surface area contributed by atoms with Gasteiger partial charge in [-0.05, 0) is 98.3 Å². The van der Waals surface area contributed by atoms with Crippen LogP contribution in [0, 0.1) is 10.1 Å². The fourth-order valence-electron chi connectivity index (χ4n) is 6.99. The van der Waals surface area contributed by atoms with Gasteiger partial charge in [-0.15, -0.1) is 11.8 Å². The quantitative estimate of drug-likeness (QED) is 0.0552. The van der Waals surface area contributed by atoms with Crippen molar-refractivity contribution in [3.05, 3.63) is 142 Å². The van der Waals surface area contributed by atoms with Crippen molar-refractivity contribution in [3.63, 3.8) is 0 Å². The van der Waals surface area contributed by atoms with Crippen LogP contribution in [-0.2, 0) is 16.6 Å². The highest BCUT2D eigenvalue weighted by atomic mass is 35.5. The molecule has 0 spiro atoms. The van der Waals surface area contributed by atoms with Gasteiger partial charge in [0.05, 0.1) is 15.3 Å². The molecule has 7 rings (SSSR count). The minimum Gasteiger partial charge on any atom is -0.376 e. The second-order valence-corrected chi connectivity index (χ2v) is 17.7. The number of rotatable bonds is 16. The van der Waals surface area contributed by atoms with Crippen LogP contribution in [0.3, 0.4) is 0 Å². The summed E-state index contributed by atoms with van der Waals surface area (Å²) in [5.74, 6) is 0.741. The van der Waals surface area contributed by atoms with Crippen LogP contribution in [0.4, 0.5) is 22.9 Å². The lowest BCUT2D eigenvalue weighted by Crippen LogP contribution is -2.46. The number of nitrogens with one attached hydrogen (secondary N) is 2. The van der Waals surface area contributed by atoms with Crippen LogP contribution in [0.5, 0.6) is 0 Å². The number of nitro groups is 1. The summed E-state index contributed by atoms with van der Waals surface area (Å²) < 4.78 is 30.4. The number of halogens is 1. The summed E-state index contributed by atoms with van der Waals surface area (Å²) in [6.07, 6.45) is 2.02. The molecule has 58 heavy (non-hydrogen) atoms. The molecule has 1 aromatic heterocycles. The Labute approximate surface area is 348 Å². The van der Waals surface area contributed by atoms with Crippen molar-refractivity contribution < 1.29 is 13.3 Å². The number of benzene rings is 5. The van der Waals surface area contributed by atoms with Gasteiger partial charge < -0.3 is 15.1 Å². The average Bonchev–Trinajstić information content (AvgIpc) is 3.22. The van der Waals surface area contributed by atoms with Crippen LogP contribution in [0.15, 0.2) is 131 Å². The Morgan fingerprint density at radius 2 is 1.64 bits per heavy atom. The van der Waals surface area contributed by atoms with Crippen LogP contribution >= 0.6 is 23.4 Å². The van der Waals surface area contributed by atoms with Crippen molar-refractivity contribution in [2.45, 2.75) is 28.8 Å². The Morgan fingerprint density at radius 3 is 2.38 bits per heavy atom.